The zero-order chi connectivity index (χ0) is 14.4. The Balaban J connectivity index is 2.13. The minimum Gasteiger partial charge on any atom is -0.497 e. The SMILES string of the molecule is CCC(N)C(OC1CCCCC1)c1cccc(OC)c1. The van der Waals surface area contributed by atoms with Crippen molar-refractivity contribution >= 4 is 0 Å². The molecule has 2 rings (SSSR count). The van der Waals surface area contributed by atoms with Crippen LogP contribution in [-0.2, 0) is 4.74 Å². The van der Waals surface area contributed by atoms with Crippen molar-refractivity contribution in [2.75, 3.05) is 7.11 Å². The molecule has 1 aliphatic carbocycles. The van der Waals surface area contributed by atoms with Crippen molar-refractivity contribution < 1.29 is 9.47 Å². The number of hydrogen-bond acceptors (Lipinski definition) is 3. The summed E-state index contributed by atoms with van der Waals surface area (Å²) in [4.78, 5) is 0. The summed E-state index contributed by atoms with van der Waals surface area (Å²) in [5.41, 5.74) is 7.42. The van der Waals surface area contributed by atoms with Gasteiger partial charge in [0.25, 0.3) is 0 Å². The van der Waals surface area contributed by atoms with Crippen molar-refractivity contribution in [2.24, 2.45) is 5.73 Å². The quantitative estimate of drug-likeness (QED) is 0.859. The Morgan fingerprint density at radius 2 is 2.00 bits per heavy atom. The summed E-state index contributed by atoms with van der Waals surface area (Å²) in [6.07, 6.45) is 7.45. The molecule has 0 saturated heterocycles. The van der Waals surface area contributed by atoms with Crippen LogP contribution in [0.5, 0.6) is 5.75 Å². The van der Waals surface area contributed by atoms with Gasteiger partial charge >= 0.3 is 0 Å². The standard InChI is InChI=1S/C17H27NO2/c1-3-16(18)17(20-14-9-5-4-6-10-14)13-8-7-11-15(12-13)19-2/h7-8,11-12,14,16-17H,3-6,9-10,18H2,1-2H3. The summed E-state index contributed by atoms with van der Waals surface area (Å²) in [6, 6.07) is 8.13. The third-order valence-corrected chi connectivity index (χ3v) is 4.17. The van der Waals surface area contributed by atoms with Crippen LogP contribution in [0, 0.1) is 0 Å². The molecular weight excluding hydrogens is 250 g/mol. The summed E-state index contributed by atoms with van der Waals surface area (Å²) in [6.45, 7) is 2.11. The molecule has 1 aliphatic rings. The van der Waals surface area contributed by atoms with Crippen molar-refractivity contribution in [3.63, 3.8) is 0 Å². The molecule has 0 heterocycles. The second-order valence-corrected chi connectivity index (χ2v) is 5.67. The first-order chi connectivity index (χ1) is 9.74. The van der Waals surface area contributed by atoms with E-state index in [1.165, 1.54) is 19.3 Å². The van der Waals surface area contributed by atoms with Crippen molar-refractivity contribution in [3.05, 3.63) is 29.8 Å². The molecule has 0 bridgehead atoms. The zero-order valence-electron chi connectivity index (χ0n) is 12.7. The van der Waals surface area contributed by atoms with Crippen LogP contribution < -0.4 is 10.5 Å². The molecular formula is C17H27NO2. The van der Waals surface area contributed by atoms with Gasteiger partial charge in [-0.1, -0.05) is 38.3 Å². The van der Waals surface area contributed by atoms with Crippen LogP contribution in [0.15, 0.2) is 24.3 Å². The van der Waals surface area contributed by atoms with Gasteiger partial charge in [-0.25, -0.2) is 0 Å². The van der Waals surface area contributed by atoms with Gasteiger partial charge in [0, 0.05) is 6.04 Å². The summed E-state index contributed by atoms with van der Waals surface area (Å²) in [7, 11) is 1.69. The number of rotatable bonds is 6. The van der Waals surface area contributed by atoms with E-state index in [-0.39, 0.29) is 12.1 Å². The highest BCUT2D eigenvalue weighted by Gasteiger charge is 2.25. The highest BCUT2D eigenvalue weighted by Crippen LogP contribution is 2.30. The fourth-order valence-corrected chi connectivity index (χ4v) is 2.87. The molecule has 0 aromatic heterocycles. The minimum atomic E-state index is -0.0294. The van der Waals surface area contributed by atoms with Gasteiger partial charge in [-0.3, -0.25) is 0 Å². The second kappa shape index (κ2) is 7.65. The largest absolute Gasteiger partial charge is 0.497 e. The van der Waals surface area contributed by atoms with Gasteiger partial charge in [0.15, 0.2) is 0 Å². The molecule has 2 N–H and O–H groups in total. The maximum absolute atomic E-state index is 6.35. The third-order valence-electron chi connectivity index (χ3n) is 4.17. The number of ether oxygens (including phenoxy) is 2. The van der Waals surface area contributed by atoms with Gasteiger partial charge in [-0.15, -0.1) is 0 Å². The fraction of sp³-hybridized carbons (Fsp3) is 0.647. The van der Waals surface area contributed by atoms with E-state index in [0.717, 1.165) is 30.6 Å². The molecule has 0 spiro atoms. The summed E-state index contributed by atoms with van der Waals surface area (Å²) in [5, 5.41) is 0. The molecule has 112 valence electrons. The first kappa shape index (κ1) is 15.3. The maximum atomic E-state index is 6.35. The van der Waals surface area contributed by atoms with Gasteiger partial charge < -0.3 is 15.2 Å². The van der Waals surface area contributed by atoms with Crippen LogP contribution in [-0.4, -0.2) is 19.3 Å². The Hall–Kier alpha value is -1.06. The van der Waals surface area contributed by atoms with Crippen LogP contribution >= 0.6 is 0 Å². The minimum absolute atomic E-state index is 0.0294. The van der Waals surface area contributed by atoms with E-state index in [4.69, 9.17) is 15.2 Å². The Bertz CT molecular complexity index is 402. The van der Waals surface area contributed by atoms with E-state index in [1.807, 2.05) is 18.2 Å². The van der Waals surface area contributed by atoms with E-state index in [1.54, 1.807) is 7.11 Å². The predicted octanol–water partition coefficient (Wildman–Crippen LogP) is 3.82. The Morgan fingerprint density at radius 3 is 2.65 bits per heavy atom. The Labute approximate surface area is 122 Å². The van der Waals surface area contributed by atoms with Crippen molar-refractivity contribution in [1.82, 2.24) is 0 Å². The van der Waals surface area contributed by atoms with E-state index in [0.29, 0.717) is 6.10 Å². The zero-order valence-corrected chi connectivity index (χ0v) is 12.7. The van der Waals surface area contributed by atoms with Crippen LogP contribution in [0.1, 0.15) is 57.1 Å². The molecule has 1 saturated carbocycles. The van der Waals surface area contributed by atoms with Crippen LogP contribution in [0.3, 0.4) is 0 Å². The highest BCUT2D eigenvalue weighted by molar-refractivity contribution is 5.30. The summed E-state index contributed by atoms with van der Waals surface area (Å²) in [5.74, 6) is 0.864. The van der Waals surface area contributed by atoms with Crippen molar-refractivity contribution in [3.8, 4) is 5.75 Å². The summed E-state index contributed by atoms with van der Waals surface area (Å²) < 4.78 is 11.7. The van der Waals surface area contributed by atoms with Gasteiger partial charge in [-0.05, 0) is 37.0 Å². The summed E-state index contributed by atoms with van der Waals surface area (Å²) >= 11 is 0. The highest BCUT2D eigenvalue weighted by atomic mass is 16.5. The maximum Gasteiger partial charge on any atom is 0.119 e. The van der Waals surface area contributed by atoms with Gasteiger partial charge in [0.05, 0.1) is 19.3 Å². The van der Waals surface area contributed by atoms with Crippen LogP contribution in [0.2, 0.25) is 0 Å². The average molecular weight is 277 g/mol. The molecule has 0 radical (unpaired) electrons. The lowest BCUT2D eigenvalue weighted by Crippen LogP contribution is -2.33. The number of hydrogen-bond donors (Lipinski definition) is 1. The second-order valence-electron chi connectivity index (χ2n) is 5.67. The first-order valence-electron chi connectivity index (χ1n) is 7.79. The smallest absolute Gasteiger partial charge is 0.119 e. The molecule has 2 unspecified atom stereocenters. The molecule has 1 fully saturated rings. The normalized spacial score (nSPS) is 19.6. The number of methoxy groups -OCH3 is 1. The number of benzene rings is 1. The van der Waals surface area contributed by atoms with E-state index in [2.05, 4.69) is 13.0 Å². The van der Waals surface area contributed by atoms with E-state index in [9.17, 15) is 0 Å². The van der Waals surface area contributed by atoms with Crippen LogP contribution in [0.4, 0.5) is 0 Å². The Morgan fingerprint density at radius 1 is 1.25 bits per heavy atom. The third kappa shape index (κ3) is 3.97. The van der Waals surface area contributed by atoms with E-state index >= 15 is 0 Å². The molecule has 20 heavy (non-hydrogen) atoms. The molecule has 1 aromatic carbocycles. The molecule has 3 heteroatoms. The monoisotopic (exact) mass is 277 g/mol. The molecule has 0 amide bonds. The fourth-order valence-electron chi connectivity index (χ4n) is 2.87. The van der Waals surface area contributed by atoms with Crippen molar-refractivity contribution in [1.29, 1.82) is 0 Å². The Kier molecular flexibility index (Phi) is 5.86. The molecule has 2 atom stereocenters. The lowest BCUT2D eigenvalue weighted by molar-refractivity contribution is -0.0437. The lowest BCUT2D eigenvalue weighted by Gasteiger charge is -2.31. The van der Waals surface area contributed by atoms with Gasteiger partial charge in [0.2, 0.25) is 0 Å². The predicted molar refractivity (Wildman–Crippen MR) is 82.0 cm³/mol. The molecule has 3 nitrogen and oxygen atoms in total. The van der Waals surface area contributed by atoms with Gasteiger partial charge in [-0.2, -0.15) is 0 Å². The molecule has 1 aromatic rings. The average Bonchev–Trinajstić information content (AvgIpc) is 2.53. The van der Waals surface area contributed by atoms with E-state index < -0.39 is 0 Å². The van der Waals surface area contributed by atoms with Crippen molar-refractivity contribution in [2.45, 2.75) is 63.7 Å². The van der Waals surface area contributed by atoms with Gasteiger partial charge in [0.1, 0.15) is 5.75 Å². The molecule has 0 aliphatic heterocycles. The number of nitrogens with two attached hydrogens (primary N) is 1. The topological polar surface area (TPSA) is 44.5 Å². The van der Waals surface area contributed by atoms with Crippen LogP contribution in [0.25, 0.3) is 0 Å². The first-order valence-corrected chi connectivity index (χ1v) is 7.79. The lowest BCUT2D eigenvalue weighted by atomic mass is 9.95.